The summed E-state index contributed by atoms with van der Waals surface area (Å²) < 4.78 is 0. The molecule has 0 unspecified atom stereocenters. The lowest BCUT2D eigenvalue weighted by Gasteiger charge is -2.12. The fraction of sp³-hybridized carbons (Fsp3) is 0.231. The van der Waals surface area contributed by atoms with Crippen LogP contribution in [0, 0.1) is 0 Å². The zero-order chi connectivity index (χ0) is 23.9. The summed E-state index contributed by atoms with van der Waals surface area (Å²) in [6, 6.07) is 0. The summed E-state index contributed by atoms with van der Waals surface area (Å²) in [4.78, 5) is 49.3. The Hall–Kier alpha value is -4.00. The van der Waals surface area contributed by atoms with Crippen molar-refractivity contribution < 1.29 is 29.1 Å². The molecule has 172 valence electrons. The Morgan fingerprint density at radius 3 is 1.70 bits per heavy atom. The molecule has 1 saturated heterocycles. The van der Waals surface area contributed by atoms with Gasteiger partial charge in [-0.1, -0.05) is 85.1 Å². The Balaban J connectivity index is 0.000000257. The number of hydrogen-bond acceptors (Lipinski definition) is 5. The smallest absolute Gasteiger partial charge is 0.333 e. The fourth-order valence-electron chi connectivity index (χ4n) is 2.85. The topological polar surface area (TPSA) is 101 Å². The number of hydroxylamine groups is 2. The minimum absolute atomic E-state index is 0.108. The zero-order valence-electron chi connectivity index (χ0n) is 18.3. The van der Waals surface area contributed by atoms with E-state index in [-0.39, 0.29) is 25.7 Å². The number of nitrogens with zero attached hydrogens (tertiary/aromatic N) is 1. The summed E-state index contributed by atoms with van der Waals surface area (Å²) >= 11 is 0. The SMILES string of the molecule is O=C(CCC1=C/C=C\C=C/C=C1)ON1C(=O)CCC1=O.O=C(O)CCC1=C/C=C\C=C/C=C1. The Bertz CT molecular complexity index is 972. The van der Waals surface area contributed by atoms with Gasteiger partial charge in [-0.3, -0.25) is 14.4 Å². The highest BCUT2D eigenvalue weighted by Gasteiger charge is 2.32. The average Bonchev–Trinajstić information content (AvgIpc) is 3.04. The van der Waals surface area contributed by atoms with Crippen LogP contribution in [0.15, 0.2) is 96.2 Å². The van der Waals surface area contributed by atoms with Crippen LogP contribution >= 0.6 is 0 Å². The maximum Gasteiger partial charge on any atom is 0.333 e. The molecule has 1 heterocycles. The number of amides is 2. The van der Waals surface area contributed by atoms with Crippen molar-refractivity contribution in [3.63, 3.8) is 0 Å². The van der Waals surface area contributed by atoms with Crippen LogP contribution in [0.1, 0.15) is 38.5 Å². The van der Waals surface area contributed by atoms with Crippen LogP contribution in [-0.4, -0.2) is 33.9 Å². The highest BCUT2D eigenvalue weighted by molar-refractivity contribution is 6.01. The Kier molecular flexibility index (Phi) is 10.8. The fourth-order valence-corrected chi connectivity index (χ4v) is 2.85. The Labute approximate surface area is 193 Å². The highest BCUT2D eigenvalue weighted by Crippen LogP contribution is 2.15. The van der Waals surface area contributed by atoms with Gasteiger partial charge in [-0.25, -0.2) is 4.79 Å². The molecule has 0 atom stereocenters. The zero-order valence-corrected chi connectivity index (χ0v) is 18.3. The second-order valence-electron chi connectivity index (χ2n) is 7.18. The number of rotatable bonds is 7. The van der Waals surface area contributed by atoms with Crippen molar-refractivity contribution in [2.45, 2.75) is 38.5 Å². The lowest BCUT2D eigenvalue weighted by atomic mass is 10.1. The minimum atomic E-state index is -0.754. The molecule has 0 aromatic heterocycles. The van der Waals surface area contributed by atoms with Gasteiger partial charge in [-0.2, -0.15) is 0 Å². The molecule has 33 heavy (non-hydrogen) atoms. The highest BCUT2D eigenvalue weighted by atomic mass is 16.7. The van der Waals surface area contributed by atoms with Crippen molar-refractivity contribution in [2.75, 3.05) is 0 Å². The van der Waals surface area contributed by atoms with Gasteiger partial charge in [-0.05, 0) is 24.0 Å². The number of carbonyl (C=O) groups is 4. The molecule has 2 amide bonds. The lowest BCUT2D eigenvalue weighted by Crippen LogP contribution is -2.31. The molecule has 2 aliphatic carbocycles. The van der Waals surface area contributed by atoms with Crippen LogP contribution in [-0.2, 0) is 24.0 Å². The summed E-state index contributed by atoms with van der Waals surface area (Å²) in [6.07, 6.45) is 28.3. The molecule has 0 aromatic rings. The van der Waals surface area contributed by atoms with E-state index in [4.69, 9.17) is 9.94 Å². The monoisotopic (exact) mass is 449 g/mol. The van der Waals surface area contributed by atoms with Crippen molar-refractivity contribution in [1.82, 2.24) is 5.06 Å². The van der Waals surface area contributed by atoms with Crippen molar-refractivity contribution in [1.29, 1.82) is 0 Å². The van der Waals surface area contributed by atoms with Gasteiger partial charge in [0.15, 0.2) is 0 Å². The second kappa shape index (κ2) is 14.1. The first kappa shape index (κ1) is 25.3. The van der Waals surface area contributed by atoms with Gasteiger partial charge in [-0.15, -0.1) is 5.06 Å². The Morgan fingerprint density at radius 1 is 0.727 bits per heavy atom. The maximum atomic E-state index is 11.6. The standard InChI is InChI=1S/C15H15NO4.C11H12O2/c17-13-9-10-14(18)16(13)20-15(19)11-8-12-6-4-2-1-3-5-7-12;12-11(13)9-8-10-6-4-2-1-3-5-7-10/h1-7H,8-11H2;1-7H,8-9H2,(H,12,13)/b2-1-,3-1?,4-2?,5-3-,6-4?,7-5?,12-6?,12-7?;2-1-,3-1?,4-2?,5-3-,6-4?,7-5?,10-6?,10-7?. The van der Waals surface area contributed by atoms with Crippen LogP contribution in [0.5, 0.6) is 0 Å². The van der Waals surface area contributed by atoms with E-state index >= 15 is 0 Å². The summed E-state index contributed by atoms with van der Waals surface area (Å²) in [5, 5.41) is 9.06. The summed E-state index contributed by atoms with van der Waals surface area (Å²) in [6.45, 7) is 0. The van der Waals surface area contributed by atoms with Crippen LogP contribution < -0.4 is 0 Å². The van der Waals surface area contributed by atoms with E-state index in [0.717, 1.165) is 11.1 Å². The van der Waals surface area contributed by atoms with Crippen LogP contribution in [0.3, 0.4) is 0 Å². The molecular weight excluding hydrogens is 422 g/mol. The van der Waals surface area contributed by atoms with Gasteiger partial charge >= 0.3 is 11.9 Å². The number of carbonyl (C=O) groups excluding carboxylic acids is 3. The quantitative estimate of drug-likeness (QED) is 0.577. The van der Waals surface area contributed by atoms with E-state index in [1.807, 2.05) is 85.1 Å². The average molecular weight is 450 g/mol. The van der Waals surface area contributed by atoms with E-state index in [2.05, 4.69) is 0 Å². The molecule has 0 bridgehead atoms. The van der Waals surface area contributed by atoms with Crippen molar-refractivity contribution in [3.05, 3.63) is 96.2 Å². The largest absolute Gasteiger partial charge is 0.481 e. The van der Waals surface area contributed by atoms with Crippen LogP contribution in [0.4, 0.5) is 0 Å². The first-order chi connectivity index (χ1) is 16.0. The molecule has 7 nitrogen and oxygen atoms in total. The van der Waals surface area contributed by atoms with E-state index < -0.39 is 23.8 Å². The van der Waals surface area contributed by atoms with Gasteiger partial charge < -0.3 is 9.94 Å². The molecule has 1 fully saturated rings. The molecule has 0 radical (unpaired) electrons. The molecule has 0 saturated carbocycles. The first-order valence-electron chi connectivity index (χ1n) is 10.7. The van der Waals surface area contributed by atoms with E-state index in [1.165, 1.54) is 0 Å². The molecule has 0 spiro atoms. The predicted octanol–water partition coefficient (Wildman–Crippen LogP) is 4.44. The molecule has 1 aliphatic heterocycles. The van der Waals surface area contributed by atoms with E-state index in [1.54, 1.807) is 0 Å². The van der Waals surface area contributed by atoms with Gasteiger partial charge in [0.2, 0.25) is 0 Å². The van der Waals surface area contributed by atoms with Crippen molar-refractivity contribution in [3.8, 4) is 0 Å². The number of imide groups is 1. The van der Waals surface area contributed by atoms with Crippen LogP contribution in [0.25, 0.3) is 0 Å². The van der Waals surface area contributed by atoms with Crippen molar-refractivity contribution in [2.24, 2.45) is 0 Å². The third kappa shape index (κ3) is 10.2. The number of carboxylic acids is 1. The van der Waals surface area contributed by atoms with Crippen LogP contribution in [0.2, 0.25) is 0 Å². The summed E-state index contributed by atoms with van der Waals surface area (Å²) in [5.74, 6) is -2.25. The van der Waals surface area contributed by atoms with E-state index in [0.29, 0.717) is 17.9 Å². The molecule has 3 aliphatic rings. The molecule has 3 rings (SSSR count). The molecule has 7 heteroatoms. The third-order valence-corrected chi connectivity index (χ3v) is 4.57. The van der Waals surface area contributed by atoms with Gasteiger partial charge in [0.25, 0.3) is 11.8 Å². The summed E-state index contributed by atoms with van der Waals surface area (Å²) in [7, 11) is 0. The normalized spacial score (nSPS) is 20.7. The Morgan fingerprint density at radius 2 is 1.18 bits per heavy atom. The second-order valence-corrected chi connectivity index (χ2v) is 7.18. The molecular formula is C26H27NO6. The lowest BCUT2D eigenvalue weighted by molar-refractivity contribution is -0.197. The minimum Gasteiger partial charge on any atom is -0.481 e. The number of hydrogen-bond donors (Lipinski definition) is 1. The van der Waals surface area contributed by atoms with E-state index in [9.17, 15) is 19.2 Å². The number of carboxylic acid groups (broad SMARTS) is 1. The molecule has 1 N–H and O–H groups in total. The molecule has 0 aromatic carbocycles. The summed E-state index contributed by atoms with van der Waals surface area (Å²) in [5.41, 5.74) is 2.02. The van der Waals surface area contributed by atoms with Gasteiger partial charge in [0, 0.05) is 19.3 Å². The first-order valence-corrected chi connectivity index (χ1v) is 10.7. The third-order valence-electron chi connectivity index (χ3n) is 4.57. The van der Waals surface area contributed by atoms with Gasteiger partial charge in [0.1, 0.15) is 0 Å². The van der Waals surface area contributed by atoms with Crippen molar-refractivity contribution >= 4 is 23.8 Å². The van der Waals surface area contributed by atoms with Gasteiger partial charge in [0.05, 0.1) is 6.42 Å². The number of aliphatic carboxylic acids is 1. The predicted molar refractivity (Wildman–Crippen MR) is 124 cm³/mol. The number of allylic oxidation sites excluding steroid dienone is 16. The maximum absolute atomic E-state index is 11.6.